The van der Waals surface area contributed by atoms with E-state index in [-0.39, 0.29) is 11.9 Å². The monoisotopic (exact) mass is 285 g/mol. The van der Waals surface area contributed by atoms with Crippen LogP contribution in [0.5, 0.6) is 0 Å². The highest BCUT2D eigenvalue weighted by Gasteiger charge is 2.08. The summed E-state index contributed by atoms with van der Waals surface area (Å²) in [5.41, 5.74) is 0.676. The fourth-order valence-corrected chi connectivity index (χ4v) is 1.75. The van der Waals surface area contributed by atoms with Crippen LogP contribution in [0.1, 0.15) is 18.5 Å². The summed E-state index contributed by atoms with van der Waals surface area (Å²) in [7, 11) is 1.64. The number of nitrogens with one attached hydrogen (secondary N) is 1. The van der Waals surface area contributed by atoms with Gasteiger partial charge in [0.15, 0.2) is 0 Å². The van der Waals surface area contributed by atoms with Crippen molar-refractivity contribution in [3.05, 3.63) is 35.6 Å². The number of halogens is 1. The van der Waals surface area contributed by atoms with E-state index < -0.39 is 0 Å². The lowest BCUT2D eigenvalue weighted by atomic mass is 10.1. The van der Waals surface area contributed by atoms with Crippen LogP contribution in [0.25, 0.3) is 0 Å². The van der Waals surface area contributed by atoms with Gasteiger partial charge in [-0.1, -0.05) is 18.2 Å². The van der Waals surface area contributed by atoms with Crippen LogP contribution < -0.4 is 5.32 Å². The molecule has 0 saturated carbocycles. The highest BCUT2D eigenvalue weighted by molar-refractivity contribution is 5.20. The minimum absolute atomic E-state index is 0.0299. The Bertz CT molecular complexity index is 363. The molecule has 0 saturated heterocycles. The molecule has 0 aliphatic heterocycles. The molecule has 0 heterocycles. The van der Waals surface area contributed by atoms with Gasteiger partial charge in [-0.15, -0.1) is 0 Å². The van der Waals surface area contributed by atoms with Crippen molar-refractivity contribution in [2.45, 2.75) is 13.0 Å². The van der Waals surface area contributed by atoms with Gasteiger partial charge in [0, 0.05) is 25.3 Å². The average molecular weight is 285 g/mol. The molecule has 0 unspecified atom stereocenters. The third-order valence-corrected chi connectivity index (χ3v) is 2.87. The van der Waals surface area contributed by atoms with Gasteiger partial charge in [-0.2, -0.15) is 0 Å². The van der Waals surface area contributed by atoms with Crippen molar-refractivity contribution in [1.29, 1.82) is 0 Å². The summed E-state index contributed by atoms with van der Waals surface area (Å²) in [6.07, 6.45) is 0. The summed E-state index contributed by atoms with van der Waals surface area (Å²) >= 11 is 0. The third-order valence-electron chi connectivity index (χ3n) is 2.87. The van der Waals surface area contributed by atoms with E-state index in [1.807, 2.05) is 13.0 Å². The summed E-state index contributed by atoms with van der Waals surface area (Å²) in [6, 6.07) is 6.76. The molecule has 0 bridgehead atoms. The van der Waals surface area contributed by atoms with Gasteiger partial charge in [0.05, 0.1) is 33.0 Å². The molecule has 1 aromatic carbocycles. The van der Waals surface area contributed by atoms with E-state index in [4.69, 9.17) is 14.2 Å². The highest BCUT2D eigenvalue weighted by atomic mass is 19.1. The SMILES string of the molecule is COCCOCCOCCN[C@H](C)c1ccccc1F. The summed E-state index contributed by atoms with van der Waals surface area (Å²) in [5.74, 6) is -0.181. The van der Waals surface area contributed by atoms with Crippen LogP contribution >= 0.6 is 0 Å². The van der Waals surface area contributed by atoms with Crippen molar-refractivity contribution in [3.8, 4) is 0 Å². The second-order valence-corrected chi connectivity index (χ2v) is 4.41. The van der Waals surface area contributed by atoms with Gasteiger partial charge in [0.1, 0.15) is 5.82 Å². The molecule has 0 aliphatic rings. The second kappa shape index (κ2) is 10.7. The van der Waals surface area contributed by atoms with Gasteiger partial charge in [-0.3, -0.25) is 0 Å². The molecule has 0 spiro atoms. The van der Waals surface area contributed by atoms with Crippen molar-refractivity contribution in [3.63, 3.8) is 0 Å². The molecule has 1 N–H and O–H groups in total. The largest absolute Gasteiger partial charge is 0.382 e. The van der Waals surface area contributed by atoms with Crippen molar-refractivity contribution >= 4 is 0 Å². The average Bonchev–Trinajstić information content (AvgIpc) is 2.46. The standard InChI is InChI=1S/C15H24FNO3/c1-13(14-5-3-4-6-15(14)16)17-7-8-19-11-12-20-10-9-18-2/h3-6,13,17H,7-12H2,1-2H3/t13-/m1/s1. The van der Waals surface area contributed by atoms with E-state index in [1.165, 1.54) is 6.07 Å². The van der Waals surface area contributed by atoms with E-state index in [2.05, 4.69) is 5.32 Å². The fraction of sp³-hybridized carbons (Fsp3) is 0.600. The molecule has 1 rings (SSSR count). The quantitative estimate of drug-likeness (QED) is 0.632. The van der Waals surface area contributed by atoms with E-state index in [0.29, 0.717) is 45.1 Å². The molecule has 0 fully saturated rings. The Morgan fingerprint density at radius 2 is 1.70 bits per heavy atom. The summed E-state index contributed by atoms with van der Waals surface area (Å²) < 4.78 is 29.1. The molecule has 0 aromatic heterocycles. The second-order valence-electron chi connectivity index (χ2n) is 4.41. The molecule has 114 valence electrons. The zero-order valence-corrected chi connectivity index (χ0v) is 12.2. The molecule has 1 atom stereocenters. The maximum atomic E-state index is 13.5. The highest BCUT2D eigenvalue weighted by Crippen LogP contribution is 2.15. The summed E-state index contributed by atoms with van der Waals surface area (Å²) in [4.78, 5) is 0. The zero-order chi connectivity index (χ0) is 14.6. The lowest BCUT2D eigenvalue weighted by Gasteiger charge is -2.15. The minimum Gasteiger partial charge on any atom is -0.382 e. The Kier molecular flexibility index (Phi) is 9.15. The first-order valence-electron chi connectivity index (χ1n) is 6.88. The van der Waals surface area contributed by atoms with Gasteiger partial charge in [0.25, 0.3) is 0 Å². The van der Waals surface area contributed by atoms with Gasteiger partial charge in [-0.25, -0.2) is 4.39 Å². The van der Waals surface area contributed by atoms with Gasteiger partial charge in [0.2, 0.25) is 0 Å². The van der Waals surface area contributed by atoms with Crippen molar-refractivity contribution < 1.29 is 18.6 Å². The van der Waals surface area contributed by atoms with Crippen molar-refractivity contribution in [2.24, 2.45) is 0 Å². The Balaban J connectivity index is 2.03. The molecule has 4 nitrogen and oxygen atoms in total. The number of hydrogen-bond acceptors (Lipinski definition) is 4. The van der Waals surface area contributed by atoms with Crippen LogP contribution in [0.15, 0.2) is 24.3 Å². The van der Waals surface area contributed by atoms with Gasteiger partial charge >= 0.3 is 0 Å². The predicted molar refractivity (Wildman–Crippen MR) is 76.3 cm³/mol. The Labute approximate surface area is 120 Å². The molecular formula is C15H24FNO3. The zero-order valence-electron chi connectivity index (χ0n) is 12.2. The van der Waals surface area contributed by atoms with Crippen LogP contribution in [0.4, 0.5) is 4.39 Å². The van der Waals surface area contributed by atoms with Gasteiger partial charge < -0.3 is 19.5 Å². The number of hydrogen-bond donors (Lipinski definition) is 1. The van der Waals surface area contributed by atoms with Crippen LogP contribution in [0.3, 0.4) is 0 Å². The first kappa shape index (κ1) is 17.0. The Morgan fingerprint density at radius 3 is 2.40 bits per heavy atom. The van der Waals surface area contributed by atoms with E-state index in [1.54, 1.807) is 19.2 Å². The van der Waals surface area contributed by atoms with Crippen molar-refractivity contribution in [1.82, 2.24) is 5.32 Å². The number of methoxy groups -OCH3 is 1. The van der Waals surface area contributed by atoms with E-state index >= 15 is 0 Å². The number of benzene rings is 1. The maximum Gasteiger partial charge on any atom is 0.127 e. The van der Waals surface area contributed by atoms with E-state index in [9.17, 15) is 4.39 Å². The summed E-state index contributed by atoms with van der Waals surface area (Å²) in [6.45, 7) is 5.49. The van der Waals surface area contributed by atoms with E-state index in [0.717, 1.165) is 0 Å². The summed E-state index contributed by atoms with van der Waals surface area (Å²) in [5, 5.41) is 3.23. The first-order valence-corrected chi connectivity index (χ1v) is 6.88. The maximum absolute atomic E-state index is 13.5. The molecule has 0 aliphatic carbocycles. The lowest BCUT2D eigenvalue weighted by molar-refractivity contribution is 0.0253. The normalized spacial score (nSPS) is 12.6. The van der Waals surface area contributed by atoms with Crippen LogP contribution in [-0.2, 0) is 14.2 Å². The molecule has 20 heavy (non-hydrogen) atoms. The molecule has 1 aromatic rings. The smallest absolute Gasteiger partial charge is 0.127 e. The van der Waals surface area contributed by atoms with Crippen LogP contribution in [0, 0.1) is 5.82 Å². The number of rotatable bonds is 11. The van der Waals surface area contributed by atoms with Crippen LogP contribution in [-0.4, -0.2) is 46.7 Å². The Hall–Kier alpha value is -1.01. The van der Waals surface area contributed by atoms with Crippen molar-refractivity contribution in [2.75, 3.05) is 46.7 Å². The van der Waals surface area contributed by atoms with Gasteiger partial charge in [-0.05, 0) is 13.0 Å². The lowest BCUT2D eigenvalue weighted by Crippen LogP contribution is -2.24. The Morgan fingerprint density at radius 1 is 1.05 bits per heavy atom. The fourth-order valence-electron chi connectivity index (χ4n) is 1.75. The van der Waals surface area contributed by atoms with Crippen LogP contribution in [0.2, 0.25) is 0 Å². The number of ether oxygens (including phenoxy) is 3. The first-order chi connectivity index (χ1) is 9.75. The molecule has 5 heteroatoms. The third kappa shape index (κ3) is 6.96. The molecule has 0 radical (unpaired) electrons. The topological polar surface area (TPSA) is 39.7 Å². The molecular weight excluding hydrogens is 261 g/mol. The minimum atomic E-state index is -0.181. The molecule has 0 amide bonds. The predicted octanol–water partition coefficient (Wildman–Crippen LogP) is 2.16.